The Bertz CT molecular complexity index is 738. The molecule has 0 radical (unpaired) electrons. The van der Waals surface area contributed by atoms with Gasteiger partial charge in [-0.15, -0.1) is 0 Å². The molecule has 0 spiro atoms. The number of anilines is 1. The third kappa shape index (κ3) is 3.36. The first-order chi connectivity index (χ1) is 9.88. The third-order valence-electron chi connectivity index (χ3n) is 2.35. The number of rotatable bonds is 3. The molecule has 2 aromatic rings. The number of nitrogens with zero attached hydrogens (tertiary/aromatic N) is 3. The highest BCUT2D eigenvalue weighted by molar-refractivity contribution is 6.32. The monoisotopic (exact) mass is 328 g/mol. The minimum atomic E-state index is -0.802. The fourth-order valence-electron chi connectivity index (χ4n) is 1.42. The summed E-state index contributed by atoms with van der Waals surface area (Å²) in [6.45, 7) is 0. The molecule has 1 aromatic heterocycles. The van der Waals surface area contributed by atoms with Gasteiger partial charge in [0.05, 0.1) is 10.7 Å². The average Bonchev–Trinajstić information content (AvgIpc) is 2.41. The Morgan fingerprint density at radius 1 is 1.29 bits per heavy atom. The first kappa shape index (κ1) is 14.9. The summed E-state index contributed by atoms with van der Waals surface area (Å²) in [5, 5.41) is 29.1. The molecule has 0 aliphatic rings. The van der Waals surface area contributed by atoms with E-state index in [4.69, 9.17) is 23.2 Å². The van der Waals surface area contributed by atoms with Crippen molar-refractivity contribution in [1.82, 2.24) is 10.2 Å². The van der Waals surface area contributed by atoms with E-state index in [1.54, 1.807) is 0 Å². The number of phenolic OH excluding ortho intramolecular Hbond substituents is 1. The second-order valence-corrected chi connectivity index (χ2v) is 4.62. The molecule has 1 amide bonds. The van der Waals surface area contributed by atoms with E-state index >= 15 is 0 Å². The Kier molecular flexibility index (Phi) is 4.20. The minimum absolute atomic E-state index is 0.0845. The minimum Gasteiger partial charge on any atom is -0.507 e. The molecule has 0 saturated carbocycles. The average molecular weight is 329 g/mol. The van der Waals surface area contributed by atoms with E-state index in [1.165, 1.54) is 18.2 Å². The predicted molar refractivity (Wildman–Crippen MR) is 74.8 cm³/mol. The van der Waals surface area contributed by atoms with Crippen molar-refractivity contribution in [3.63, 3.8) is 0 Å². The Balaban J connectivity index is 2.26. The number of aromatic hydroxyl groups is 1. The second-order valence-electron chi connectivity index (χ2n) is 3.77. The van der Waals surface area contributed by atoms with Gasteiger partial charge in [0, 0.05) is 11.1 Å². The van der Waals surface area contributed by atoms with E-state index in [0.717, 1.165) is 6.07 Å². The van der Waals surface area contributed by atoms with Crippen LogP contribution in [0.15, 0.2) is 24.3 Å². The summed E-state index contributed by atoms with van der Waals surface area (Å²) in [6, 6.07) is 5.00. The number of carbonyl (C=O) groups is 1. The van der Waals surface area contributed by atoms with Crippen molar-refractivity contribution in [1.29, 1.82) is 0 Å². The summed E-state index contributed by atoms with van der Waals surface area (Å²) in [5.41, 5.74) is -0.0845. The van der Waals surface area contributed by atoms with Crippen LogP contribution in [-0.2, 0) is 0 Å². The SMILES string of the molecule is O=C(Nc1cc(Cl)c([N+](=O)[O-])nn1)c1cc(Cl)ccc1O. The zero-order chi connectivity index (χ0) is 15.6. The lowest BCUT2D eigenvalue weighted by atomic mass is 10.2. The number of nitro groups is 1. The van der Waals surface area contributed by atoms with Crippen molar-refractivity contribution in [2.45, 2.75) is 0 Å². The lowest BCUT2D eigenvalue weighted by molar-refractivity contribution is -0.390. The number of hydrogen-bond acceptors (Lipinski definition) is 6. The van der Waals surface area contributed by atoms with Crippen LogP contribution in [0.5, 0.6) is 5.75 Å². The van der Waals surface area contributed by atoms with E-state index in [-0.39, 0.29) is 27.2 Å². The van der Waals surface area contributed by atoms with E-state index in [1.807, 2.05) is 0 Å². The number of hydrogen-bond donors (Lipinski definition) is 2. The highest BCUT2D eigenvalue weighted by atomic mass is 35.5. The highest BCUT2D eigenvalue weighted by Gasteiger charge is 2.19. The molecule has 8 nitrogen and oxygen atoms in total. The van der Waals surface area contributed by atoms with Crippen LogP contribution < -0.4 is 5.32 Å². The molecule has 10 heteroatoms. The van der Waals surface area contributed by atoms with Gasteiger partial charge >= 0.3 is 5.82 Å². The molecule has 0 unspecified atom stereocenters. The summed E-state index contributed by atoms with van der Waals surface area (Å²) < 4.78 is 0. The molecule has 2 rings (SSSR count). The normalized spacial score (nSPS) is 10.2. The van der Waals surface area contributed by atoms with Gasteiger partial charge in [-0.3, -0.25) is 4.79 Å². The fraction of sp³-hybridized carbons (Fsp3) is 0. The summed E-state index contributed by atoms with van der Waals surface area (Å²) >= 11 is 11.4. The Hall–Kier alpha value is -2.45. The van der Waals surface area contributed by atoms with Crippen LogP contribution in [0.1, 0.15) is 10.4 Å². The lowest BCUT2D eigenvalue weighted by Gasteiger charge is -2.05. The van der Waals surface area contributed by atoms with Crippen molar-refractivity contribution in [2.24, 2.45) is 0 Å². The Labute approximate surface area is 127 Å². The van der Waals surface area contributed by atoms with Crippen molar-refractivity contribution >= 4 is 40.7 Å². The summed E-state index contributed by atoms with van der Waals surface area (Å²) in [4.78, 5) is 21.7. The van der Waals surface area contributed by atoms with Gasteiger partial charge in [-0.05, 0) is 28.2 Å². The van der Waals surface area contributed by atoms with Gasteiger partial charge in [-0.2, -0.15) is 0 Å². The third-order valence-corrected chi connectivity index (χ3v) is 2.86. The summed E-state index contributed by atoms with van der Waals surface area (Å²) in [5.74, 6) is -1.72. The van der Waals surface area contributed by atoms with Crippen molar-refractivity contribution < 1.29 is 14.8 Å². The van der Waals surface area contributed by atoms with Gasteiger partial charge in [0.25, 0.3) is 5.91 Å². The van der Waals surface area contributed by atoms with Crippen LogP contribution in [0.3, 0.4) is 0 Å². The molecule has 21 heavy (non-hydrogen) atoms. The molecule has 2 N–H and O–H groups in total. The largest absolute Gasteiger partial charge is 0.507 e. The van der Waals surface area contributed by atoms with E-state index in [0.29, 0.717) is 0 Å². The van der Waals surface area contributed by atoms with Gasteiger partial charge in [-0.1, -0.05) is 23.2 Å². The van der Waals surface area contributed by atoms with Crippen LogP contribution in [0, 0.1) is 10.1 Å². The van der Waals surface area contributed by atoms with Gasteiger partial charge in [0.1, 0.15) is 10.8 Å². The summed E-state index contributed by atoms with van der Waals surface area (Å²) in [6.07, 6.45) is 0. The molecule has 1 heterocycles. The first-order valence-corrected chi connectivity index (χ1v) is 6.11. The zero-order valence-electron chi connectivity index (χ0n) is 10.1. The van der Waals surface area contributed by atoms with Crippen LogP contribution in [-0.4, -0.2) is 26.1 Å². The lowest BCUT2D eigenvalue weighted by Crippen LogP contribution is -2.14. The maximum Gasteiger partial charge on any atom is 0.409 e. The van der Waals surface area contributed by atoms with Gasteiger partial charge in [0.2, 0.25) is 0 Å². The number of halogens is 2. The van der Waals surface area contributed by atoms with Gasteiger partial charge < -0.3 is 20.5 Å². The first-order valence-electron chi connectivity index (χ1n) is 5.36. The summed E-state index contributed by atoms with van der Waals surface area (Å²) in [7, 11) is 0. The second kappa shape index (κ2) is 5.90. The molecular formula is C11H6Cl2N4O4. The predicted octanol–water partition coefficient (Wildman–Crippen LogP) is 2.65. The van der Waals surface area contributed by atoms with E-state index < -0.39 is 16.6 Å². The zero-order valence-corrected chi connectivity index (χ0v) is 11.6. The van der Waals surface area contributed by atoms with E-state index in [9.17, 15) is 20.0 Å². The number of aromatic nitrogens is 2. The number of phenols is 1. The van der Waals surface area contributed by atoms with Crippen molar-refractivity contribution in [3.8, 4) is 5.75 Å². The molecule has 0 aliphatic carbocycles. The molecule has 0 aliphatic heterocycles. The molecular weight excluding hydrogens is 323 g/mol. The number of nitrogens with one attached hydrogen (secondary N) is 1. The van der Waals surface area contributed by atoms with Gasteiger partial charge in [-0.25, -0.2) is 0 Å². The maximum atomic E-state index is 11.9. The number of carbonyl (C=O) groups excluding carboxylic acids is 1. The van der Waals surface area contributed by atoms with Crippen molar-refractivity contribution in [3.05, 3.63) is 50.0 Å². The topological polar surface area (TPSA) is 118 Å². The van der Waals surface area contributed by atoms with Crippen LogP contribution in [0.25, 0.3) is 0 Å². The van der Waals surface area contributed by atoms with Crippen LogP contribution in [0.4, 0.5) is 11.6 Å². The molecule has 0 atom stereocenters. The molecule has 0 fully saturated rings. The van der Waals surface area contributed by atoms with Gasteiger partial charge in [0.15, 0.2) is 5.82 Å². The number of benzene rings is 1. The van der Waals surface area contributed by atoms with Crippen molar-refractivity contribution in [2.75, 3.05) is 5.32 Å². The number of amides is 1. The van der Waals surface area contributed by atoms with E-state index in [2.05, 4.69) is 15.5 Å². The quantitative estimate of drug-likeness (QED) is 0.660. The van der Waals surface area contributed by atoms with Crippen LogP contribution >= 0.6 is 23.2 Å². The molecule has 108 valence electrons. The highest BCUT2D eigenvalue weighted by Crippen LogP contribution is 2.25. The standard InChI is InChI=1S/C11H6Cl2N4O4/c12-5-1-2-8(18)6(3-5)11(19)14-9-4-7(13)10(16-15-9)17(20)21/h1-4,18H,(H,14,15,19). The smallest absolute Gasteiger partial charge is 0.409 e. The Morgan fingerprint density at radius 3 is 2.62 bits per heavy atom. The molecule has 1 aromatic carbocycles. The molecule has 0 saturated heterocycles. The molecule has 0 bridgehead atoms. The van der Waals surface area contributed by atoms with Crippen LogP contribution in [0.2, 0.25) is 10.0 Å². The fourth-order valence-corrected chi connectivity index (χ4v) is 1.80. The Morgan fingerprint density at radius 2 is 2.00 bits per heavy atom. The maximum absolute atomic E-state index is 11.9.